The lowest BCUT2D eigenvalue weighted by Crippen LogP contribution is -2.23. The van der Waals surface area contributed by atoms with E-state index in [2.05, 4.69) is 17.0 Å². The van der Waals surface area contributed by atoms with Gasteiger partial charge in [0.05, 0.1) is 0 Å². The predicted octanol–water partition coefficient (Wildman–Crippen LogP) is 3.91. The minimum Gasteiger partial charge on any atom is -0.453 e. The maximum absolute atomic E-state index is 7.06. The molecule has 1 N–H and O–H groups in total. The van der Waals surface area contributed by atoms with Crippen molar-refractivity contribution < 1.29 is 4.74 Å². The topological polar surface area (TPSA) is 45.4 Å². The number of nitrogens with zero attached hydrogens (tertiary/aromatic N) is 1. The fourth-order valence-electron chi connectivity index (χ4n) is 1.40. The summed E-state index contributed by atoms with van der Waals surface area (Å²) in [5, 5.41) is 4.09. The Bertz CT molecular complexity index is 578. The third-order valence-electron chi connectivity index (χ3n) is 2.37. The highest BCUT2D eigenvalue weighted by atomic mass is 35.5. The summed E-state index contributed by atoms with van der Waals surface area (Å²) in [5.74, 6) is 6.35. The summed E-state index contributed by atoms with van der Waals surface area (Å²) in [6.45, 7) is 1.70. The van der Waals surface area contributed by atoms with Gasteiger partial charge in [-0.25, -0.2) is 5.53 Å². The number of rotatable bonds is 1. The Morgan fingerprint density at radius 3 is 2.67 bits per heavy atom. The lowest BCUT2D eigenvalue weighted by molar-refractivity contribution is 0.0670. The summed E-state index contributed by atoms with van der Waals surface area (Å²) >= 11 is 5.79. The second kappa shape index (κ2) is 5.07. The van der Waals surface area contributed by atoms with E-state index in [9.17, 15) is 0 Å². The van der Waals surface area contributed by atoms with Crippen LogP contribution < -0.4 is 0 Å². The quantitative estimate of drug-likeness (QED) is 0.602. The molecule has 4 heteroatoms. The monoisotopic (exact) mass is 258 g/mol. The zero-order valence-corrected chi connectivity index (χ0v) is 10.5. The minimum atomic E-state index is -0.946. The molecule has 0 saturated heterocycles. The molecule has 1 aromatic rings. The molecular formula is C14H11ClN2O. The van der Waals surface area contributed by atoms with Crippen LogP contribution in [0.3, 0.4) is 0 Å². The summed E-state index contributed by atoms with van der Waals surface area (Å²) in [7, 11) is 0. The van der Waals surface area contributed by atoms with Crippen molar-refractivity contribution in [3.8, 4) is 11.8 Å². The van der Waals surface area contributed by atoms with Gasteiger partial charge in [0.1, 0.15) is 0 Å². The molecule has 1 aliphatic rings. The van der Waals surface area contributed by atoms with Gasteiger partial charge in [0, 0.05) is 17.5 Å². The van der Waals surface area contributed by atoms with Gasteiger partial charge in [-0.1, -0.05) is 23.6 Å². The minimum absolute atomic E-state index is 0.492. The largest absolute Gasteiger partial charge is 0.453 e. The van der Waals surface area contributed by atoms with Crippen LogP contribution in [0, 0.1) is 17.4 Å². The average molecular weight is 259 g/mol. The molecule has 0 spiro atoms. The number of allylic oxidation sites excluding steroid dienone is 3. The molecule has 1 aliphatic heterocycles. The number of benzene rings is 1. The standard InChI is InChI=1S/C14H11ClN2O/c1-14(17-16)10-2-3-13(18-14)9-6-11-4-7-12(15)8-5-11/h2-5,7-8,10,16H,1H3. The summed E-state index contributed by atoms with van der Waals surface area (Å²) in [6.07, 6.45) is 5.23. The molecule has 18 heavy (non-hydrogen) atoms. The zero-order valence-electron chi connectivity index (χ0n) is 9.77. The third-order valence-corrected chi connectivity index (χ3v) is 2.62. The first-order valence-electron chi connectivity index (χ1n) is 5.36. The Labute approximate surface area is 111 Å². The van der Waals surface area contributed by atoms with Crippen LogP contribution in [0.2, 0.25) is 5.02 Å². The van der Waals surface area contributed by atoms with E-state index in [1.165, 1.54) is 0 Å². The molecule has 0 amide bonds. The molecule has 3 nitrogen and oxygen atoms in total. The second-order valence-electron chi connectivity index (χ2n) is 3.92. The van der Waals surface area contributed by atoms with Crippen molar-refractivity contribution in [2.45, 2.75) is 12.6 Å². The van der Waals surface area contributed by atoms with Gasteiger partial charge in [-0.2, -0.15) is 0 Å². The summed E-state index contributed by atoms with van der Waals surface area (Å²) in [4.78, 5) is 0. The first-order chi connectivity index (χ1) is 8.61. The molecule has 1 aromatic carbocycles. The Morgan fingerprint density at radius 2 is 2.00 bits per heavy atom. The van der Waals surface area contributed by atoms with Crippen molar-refractivity contribution in [1.29, 1.82) is 5.53 Å². The first-order valence-corrected chi connectivity index (χ1v) is 5.74. The Hall–Kier alpha value is -2.05. The maximum Gasteiger partial charge on any atom is 0.236 e. The van der Waals surface area contributed by atoms with Crippen molar-refractivity contribution in [2.75, 3.05) is 0 Å². The molecule has 0 saturated carbocycles. The van der Waals surface area contributed by atoms with Gasteiger partial charge in [0.2, 0.25) is 5.72 Å². The molecule has 1 atom stereocenters. The normalized spacial score (nSPS) is 21.3. The molecule has 0 aliphatic carbocycles. The van der Waals surface area contributed by atoms with Gasteiger partial charge in [0.25, 0.3) is 0 Å². The van der Waals surface area contributed by atoms with Crippen LogP contribution in [0.15, 0.2) is 53.4 Å². The average Bonchev–Trinajstić information content (AvgIpc) is 2.38. The SMILES string of the molecule is CC1(N=N)C=CC=C(C#Cc2ccc(Cl)cc2)O1. The molecular weight excluding hydrogens is 248 g/mol. The van der Waals surface area contributed by atoms with Crippen molar-refractivity contribution in [2.24, 2.45) is 5.11 Å². The summed E-state index contributed by atoms with van der Waals surface area (Å²) in [5.41, 5.74) is 6.97. The molecule has 1 unspecified atom stereocenters. The third kappa shape index (κ3) is 2.99. The predicted molar refractivity (Wildman–Crippen MR) is 70.2 cm³/mol. The molecule has 2 rings (SSSR count). The molecule has 1 heterocycles. The van der Waals surface area contributed by atoms with E-state index in [1.54, 1.807) is 37.3 Å². The van der Waals surface area contributed by atoms with Crippen molar-refractivity contribution >= 4 is 11.6 Å². The fraction of sp³-hybridized carbons (Fsp3) is 0.143. The highest BCUT2D eigenvalue weighted by Gasteiger charge is 2.24. The van der Waals surface area contributed by atoms with Crippen molar-refractivity contribution in [1.82, 2.24) is 0 Å². The van der Waals surface area contributed by atoms with E-state index in [1.807, 2.05) is 12.1 Å². The van der Waals surface area contributed by atoms with Crippen LogP contribution >= 0.6 is 11.6 Å². The number of hydrogen-bond acceptors (Lipinski definition) is 3. The van der Waals surface area contributed by atoms with Gasteiger partial charge in [-0.05, 0) is 42.3 Å². The van der Waals surface area contributed by atoms with E-state index < -0.39 is 5.72 Å². The highest BCUT2D eigenvalue weighted by molar-refractivity contribution is 6.30. The fourth-order valence-corrected chi connectivity index (χ4v) is 1.52. The van der Waals surface area contributed by atoms with Crippen LogP contribution in [0.1, 0.15) is 12.5 Å². The Kier molecular flexibility index (Phi) is 3.50. The first kappa shape index (κ1) is 12.4. The number of ether oxygens (including phenoxy) is 1. The zero-order chi connectivity index (χ0) is 13.0. The van der Waals surface area contributed by atoms with Crippen LogP contribution in [0.4, 0.5) is 0 Å². The van der Waals surface area contributed by atoms with Crippen molar-refractivity contribution in [3.63, 3.8) is 0 Å². The van der Waals surface area contributed by atoms with E-state index >= 15 is 0 Å². The van der Waals surface area contributed by atoms with E-state index in [4.69, 9.17) is 21.9 Å². The van der Waals surface area contributed by atoms with E-state index in [-0.39, 0.29) is 0 Å². The van der Waals surface area contributed by atoms with Gasteiger partial charge in [-0.3, -0.25) is 0 Å². The second-order valence-corrected chi connectivity index (χ2v) is 4.35. The van der Waals surface area contributed by atoms with Crippen LogP contribution in [-0.4, -0.2) is 5.72 Å². The van der Waals surface area contributed by atoms with Gasteiger partial charge in [-0.15, -0.1) is 5.11 Å². The smallest absolute Gasteiger partial charge is 0.236 e. The summed E-state index contributed by atoms with van der Waals surface area (Å²) < 4.78 is 5.49. The molecule has 0 fully saturated rings. The lowest BCUT2D eigenvalue weighted by atomic mass is 10.2. The van der Waals surface area contributed by atoms with E-state index in [0.717, 1.165) is 5.56 Å². The molecule has 0 aromatic heterocycles. The van der Waals surface area contributed by atoms with Gasteiger partial charge in [0.15, 0.2) is 5.76 Å². The Balaban J connectivity index is 2.16. The number of hydrogen-bond donors (Lipinski definition) is 1. The van der Waals surface area contributed by atoms with Crippen LogP contribution in [-0.2, 0) is 4.74 Å². The van der Waals surface area contributed by atoms with E-state index in [0.29, 0.717) is 10.8 Å². The van der Waals surface area contributed by atoms with Crippen LogP contribution in [0.25, 0.3) is 0 Å². The molecule has 90 valence electrons. The lowest BCUT2D eigenvalue weighted by Gasteiger charge is -2.23. The van der Waals surface area contributed by atoms with Crippen LogP contribution in [0.5, 0.6) is 0 Å². The number of halogens is 1. The molecule has 0 bridgehead atoms. The Morgan fingerprint density at radius 1 is 1.28 bits per heavy atom. The van der Waals surface area contributed by atoms with Gasteiger partial charge < -0.3 is 4.74 Å². The maximum atomic E-state index is 7.06. The highest BCUT2D eigenvalue weighted by Crippen LogP contribution is 2.22. The molecule has 0 radical (unpaired) electrons. The number of nitrogens with one attached hydrogen (secondary N) is 1. The van der Waals surface area contributed by atoms with Crippen molar-refractivity contribution in [3.05, 3.63) is 58.8 Å². The van der Waals surface area contributed by atoms with Gasteiger partial charge >= 0.3 is 0 Å². The summed E-state index contributed by atoms with van der Waals surface area (Å²) in [6, 6.07) is 7.24.